The lowest BCUT2D eigenvalue weighted by atomic mass is 10.2. The highest BCUT2D eigenvalue weighted by molar-refractivity contribution is 8.04. The predicted octanol–water partition coefficient (Wildman–Crippen LogP) is 3.72. The van der Waals surface area contributed by atoms with Gasteiger partial charge < -0.3 is 25.3 Å². The number of rotatable bonds is 10. The highest BCUT2D eigenvalue weighted by Crippen LogP contribution is 2.31. The molecule has 0 spiro atoms. The lowest BCUT2D eigenvalue weighted by Gasteiger charge is -2.17. The summed E-state index contributed by atoms with van der Waals surface area (Å²) in [5, 5.41) is 24.1. The highest BCUT2D eigenvalue weighted by atomic mass is 32.2. The van der Waals surface area contributed by atoms with Crippen molar-refractivity contribution in [1.82, 2.24) is 20.1 Å². The molecule has 0 unspecified atom stereocenters. The van der Waals surface area contributed by atoms with Crippen LogP contribution in [0.1, 0.15) is 69.3 Å². The molecule has 13 nitrogen and oxygen atoms in total. The maximum Gasteiger partial charge on any atom is 0.269 e. The number of hydrogen-bond acceptors (Lipinski definition) is 11. The number of benzene rings is 2. The SMILES string of the molecule is CCNC(=O)/C(C#N)=C1\SCC(=O)N1CC.CCNC(=O)/C(C#N)=c1\sc(=Cc2ccc(N3CCCC3)cc2)c(=O)n1CC.O=Cc1ccc(N2CCCC2)cc1. The summed E-state index contributed by atoms with van der Waals surface area (Å²) in [4.78, 5) is 64.6. The summed E-state index contributed by atoms with van der Waals surface area (Å²) in [5.41, 5.74) is 3.94. The van der Waals surface area contributed by atoms with Crippen LogP contribution in [-0.4, -0.2) is 85.0 Å². The molecule has 3 fully saturated rings. The Labute approximate surface area is 341 Å². The smallest absolute Gasteiger partial charge is 0.269 e. The molecule has 15 heteroatoms. The molecule has 3 aliphatic heterocycles. The van der Waals surface area contributed by atoms with Crippen molar-refractivity contribution in [3.8, 4) is 12.1 Å². The van der Waals surface area contributed by atoms with Crippen LogP contribution in [0.15, 0.2) is 63.9 Å². The number of carbonyl (C=O) groups is 4. The molecule has 0 radical (unpaired) electrons. The Bertz CT molecular complexity index is 2190. The first-order valence-electron chi connectivity index (χ1n) is 19.3. The average Bonchev–Trinajstić information content (AvgIpc) is 4.06. The Hall–Kier alpha value is -5.64. The van der Waals surface area contributed by atoms with Crippen LogP contribution in [0.2, 0.25) is 0 Å². The minimum Gasteiger partial charge on any atom is -0.372 e. The Kier molecular flexibility index (Phi) is 17.2. The van der Waals surface area contributed by atoms with E-state index in [1.165, 1.54) is 69.6 Å². The number of aromatic nitrogens is 1. The first kappa shape index (κ1) is 44.1. The first-order valence-corrected chi connectivity index (χ1v) is 21.1. The minimum absolute atomic E-state index is 0.0187. The molecule has 0 aliphatic carbocycles. The molecule has 2 N–H and O–H groups in total. The maximum atomic E-state index is 12.8. The molecule has 0 atom stereocenters. The lowest BCUT2D eigenvalue weighted by molar-refractivity contribution is -0.125. The zero-order chi connectivity index (χ0) is 41.3. The van der Waals surface area contributed by atoms with Crippen molar-refractivity contribution in [2.24, 2.45) is 0 Å². The second-order valence-electron chi connectivity index (χ2n) is 13.1. The zero-order valence-electron chi connectivity index (χ0n) is 33.0. The second kappa shape index (κ2) is 22.2. The van der Waals surface area contributed by atoms with Gasteiger partial charge in [0.15, 0.2) is 5.57 Å². The second-order valence-corrected chi connectivity index (χ2v) is 15.1. The molecule has 3 saturated heterocycles. The number of amides is 3. The van der Waals surface area contributed by atoms with E-state index in [2.05, 4.69) is 32.6 Å². The number of likely N-dealkylation sites (N-methyl/N-ethyl adjacent to an activating group) is 1. The third kappa shape index (κ3) is 11.5. The van der Waals surface area contributed by atoms with E-state index in [1.54, 1.807) is 13.8 Å². The van der Waals surface area contributed by atoms with Gasteiger partial charge in [0, 0.05) is 69.3 Å². The van der Waals surface area contributed by atoms with Crippen LogP contribution in [0.25, 0.3) is 11.6 Å². The van der Waals surface area contributed by atoms with Gasteiger partial charge in [0.05, 0.1) is 10.3 Å². The lowest BCUT2D eigenvalue weighted by Crippen LogP contribution is -2.34. The molecule has 3 amide bonds. The summed E-state index contributed by atoms with van der Waals surface area (Å²) < 4.78 is 2.41. The van der Waals surface area contributed by atoms with E-state index < -0.39 is 11.8 Å². The number of hydrogen-bond donors (Lipinski definition) is 2. The normalized spacial score (nSPS) is 16.4. The molecule has 3 aliphatic rings. The molecule has 0 saturated carbocycles. The van der Waals surface area contributed by atoms with Crippen molar-refractivity contribution in [3.63, 3.8) is 0 Å². The van der Waals surface area contributed by atoms with Crippen LogP contribution in [0.3, 0.4) is 0 Å². The molecule has 300 valence electrons. The fourth-order valence-corrected chi connectivity index (χ4v) is 8.70. The predicted molar refractivity (Wildman–Crippen MR) is 227 cm³/mol. The van der Waals surface area contributed by atoms with Crippen molar-refractivity contribution >= 4 is 70.1 Å². The largest absolute Gasteiger partial charge is 0.372 e. The summed E-state index contributed by atoms with van der Waals surface area (Å²) in [5.74, 6) is -0.622. The van der Waals surface area contributed by atoms with Gasteiger partial charge in [-0.3, -0.25) is 28.5 Å². The number of aldehydes is 1. The third-order valence-corrected chi connectivity index (χ3v) is 11.6. The van der Waals surface area contributed by atoms with Crippen molar-refractivity contribution in [2.45, 2.75) is 59.9 Å². The van der Waals surface area contributed by atoms with Gasteiger partial charge in [0.25, 0.3) is 17.4 Å². The minimum atomic E-state index is -0.449. The van der Waals surface area contributed by atoms with Gasteiger partial charge in [-0.15, -0.1) is 11.3 Å². The molecule has 2 aromatic carbocycles. The number of nitrogens with zero attached hydrogens (tertiary/aromatic N) is 6. The van der Waals surface area contributed by atoms with Crippen molar-refractivity contribution in [1.29, 1.82) is 10.5 Å². The molecule has 6 rings (SSSR count). The fraction of sp³-hybridized carbons (Fsp3) is 0.405. The Balaban J connectivity index is 0.000000209. The molecular formula is C42H50N8O5S2. The monoisotopic (exact) mass is 810 g/mol. The van der Waals surface area contributed by atoms with Gasteiger partial charge in [-0.1, -0.05) is 23.9 Å². The first-order chi connectivity index (χ1) is 27.6. The topological polar surface area (TPSA) is 172 Å². The molecular weight excluding hydrogens is 761 g/mol. The molecule has 4 heterocycles. The maximum absolute atomic E-state index is 12.8. The van der Waals surface area contributed by atoms with E-state index in [4.69, 9.17) is 5.26 Å². The summed E-state index contributed by atoms with van der Waals surface area (Å²) in [6.45, 7) is 13.5. The van der Waals surface area contributed by atoms with Crippen LogP contribution in [0.5, 0.6) is 0 Å². The standard InChI is InChI=1S/C21H24N4O2S.C11H13NO.C10H13N3O2S/c1-3-23-19(26)17(14-22)21-25(4-2)20(27)18(28-21)13-15-7-9-16(10-8-15)24-11-5-6-12-24;13-9-10-3-5-11(6-4-10)12-7-1-2-8-12;1-3-12-9(15)7(5-11)10-13(4-2)8(14)6-16-10/h7-10,13H,3-6,11-12H2,1-2H3,(H,23,26);3-6,9H,1-2,7-8H2;3-4,6H2,1-2H3,(H,12,15)/b18-13?,21-17-;;10-7-. The highest BCUT2D eigenvalue weighted by Gasteiger charge is 2.30. The molecule has 3 aromatic rings. The Morgan fingerprint density at radius 1 is 0.737 bits per heavy atom. The van der Waals surface area contributed by atoms with Gasteiger partial charge in [-0.05, 0) is 101 Å². The van der Waals surface area contributed by atoms with Gasteiger partial charge >= 0.3 is 0 Å². The zero-order valence-corrected chi connectivity index (χ0v) is 34.6. The van der Waals surface area contributed by atoms with E-state index in [-0.39, 0.29) is 22.6 Å². The van der Waals surface area contributed by atoms with Gasteiger partial charge in [-0.2, -0.15) is 10.5 Å². The van der Waals surface area contributed by atoms with Gasteiger partial charge in [0.1, 0.15) is 33.7 Å². The molecule has 1 aromatic heterocycles. The quantitative estimate of drug-likeness (QED) is 0.175. The van der Waals surface area contributed by atoms with Crippen LogP contribution < -0.4 is 35.2 Å². The number of nitriles is 2. The summed E-state index contributed by atoms with van der Waals surface area (Å²) >= 11 is 2.43. The van der Waals surface area contributed by atoms with Gasteiger partial charge in [0.2, 0.25) is 5.91 Å². The van der Waals surface area contributed by atoms with Crippen LogP contribution in [-0.2, 0) is 20.9 Å². The number of nitrogens with one attached hydrogen (secondary N) is 2. The molecule has 57 heavy (non-hydrogen) atoms. The average molecular weight is 811 g/mol. The van der Waals surface area contributed by atoms with E-state index >= 15 is 0 Å². The number of thioether (sulfide) groups is 1. The summed E-state index contributed by atoms with van der Waals surface area (Å²) in [6.07, 6.45) is 7.74. The van der Waals surface area contributed by atoms with Crippen molar-refractivity contribution in [2.75, 3.05) is 61.4 Å². The number of anilines is 2. The summed E-state index contributed by atoms with van der Waals surface area (Å²) in [6, 6.07) is 19.8. The van der Waals surface area contributed by atoms with E-state index in [9.17, 15) is 29.2 Å². The van der Waals surface area contributed by atoms with E-state index in [0.717, 1.165) is 43.6 Å². The van der Waals surface area contributed by atoms with E-state index in [0.29, 0.717) is 46.2 Å². The number of thiazole rings is 1. The van der Waals surface area contributed by atoms with E-state index in [1.807, 2.05) is 68.5 Å². The molecule has 0 bridgehead atoms. The van der Waals surface area contributed by atoms with Gasteiger partial charge in [-0.25, -0.2) is 0 Å². The fourth-order valence-electron chi connectivity index (χ4n) is 6.46. The summed E-state index contributed by atoms with van der Waals surface area (Å²) in [7, 11) is 0. The van der Waals surface area contributed by atoms with Crippen LogP contribution in [0.4, 0.5) is 11.4 Å². The number of carbonyl (C=O) groups excluding carboxylic acids is 4. The van der Waals surface area contributed by atoms with Crippen molar-refractivity contribution in [3.05, 3.63) is 89.8 Å². The van der Waals surface area contributed by atoms with Crippen LogP contribution in [0, 0.1) is 22.7 Å². The van der Waals surface area contributed by atoms with Crippen LogP contribution >= 0.6 is 23.1 Å². The third-order valence-electron chi connectivity index (χ3n) is 9.36. The van der Waals surface area contributed by atoms with Crippen molar-refractivity contribution < 1.29 is 19.2 Å². The Morgan fingerprint density at radius 2 is 1.23 bits per heavy atom. The Morgan fingerprint density at radius 3 is 1.67 bits per heavy atom.